The number of benzene rings is 1. The Balaban J connectivity index is 1.79. The van der Waals surface area contributed by atoms with E-state index >= 15 is 0 Å². The van der Waals surface area contributed by atoms with Crippen molar-refractivity contribution in [2.45, 2.75) is 38.0 Å². The van der Waals surface area contributed by atoms with E-state index in [1.807, 2.05) is 0 Å². The van der Waals surface area contributed by atoms with Crippen LogP contribution in [0.4, 0.5) is 0 Å². The van der Waals surface area contributed by atoms with Gasteiger partial charge in [-0.1, -0.05) is 19.1 Å². The van der Waals surface area contributed by atoms with Crippen LogP contribution in [-0.2, 0) is 5.41 Å². The van der Waals surface area contributed by atoms with Crippen LogP contribution in [0.2, 0.25) is 0 Å². The highest BCUT2D eigenvalue weighted by molar-refractivity contribution is 5.37. The van der Waals surface area contributed by atoms with Gasteiger partial charge in [0.2, 0.25) is 0 Å². The van der Waals surface area contributed by atoms with Gasteiger partial charge in [-0.05, 0) is 55.3 Å². The molecule has 98 valence electrons. The first-order chi connectivity index (χ1) is 8.72. The first-order valence-electron chi connectivity index (χ1n) is 7.07. The lowest BCUT2D eigenvalue weighted by Crippen LogP contribution is -2.49. The molecule has 2 aliphatic rings. The van der Waals surface area contributed by atoms with Crippen LogP contribution in [0.1, 0.15) is 38.2 Å². The molecule has 2 saturated carbocycles. The van der Waals surface area contributed by atoms with Crippen molar-refractivity contribution in [1.29, 1.82) is 0 Å². The van der Waals surface area contributed by atoms with Gasteiger partial charge in [-0.15, -0.1) is 0 Å². The Morgan fingerprint density at radius 3 is 2.33 bits per heavy atom. The van der Waals surface area contributed by atoms with Crippen LogP contribution >= 0.6 is 0 Å². The number of nitrogens with one attached hydrogen (secondary N) is 1. The lowest BCUT2D eigenvalue weighted by Gasteiger charge is -2.49. The monoisotopic (exact) mass is 245 g/mol. The predicted octanol–water partition coefficient (Wildman–Crippen LogP) is 3.12. The van der Waals surface area contributed by atoms with Crippen LogP contribution in [0.5, 0.6) is 5.75 Å². The van der Waals surface area contributed by atoms with E-state index in [1.165, 1.54) is 31.2 Å². The Labute approximate surface area is 110 Å². The summed E-state index contributed by atoms with van der Waals surface area (Å²) in [5.41, 5.74) is 2.61. The zero-order chi connectivity index (χ0) is 12.6. The molecule has 2 heteroatoms. The molecule has 0 aliphatic heterocycles. The molecule has 0 saturated heterocycles. The molecule has 2 fully saturated rings. The molecular formula is C16H23NO. The third-order valence-corrected chi connectivity index (χ3v) is 4.80. The summed E-state index contributed by atoms with van der Waals surface area (Å²) in [4.78, 5) is 0. The van der Waals surface area contributed by atoms with Crippen LogP contribution in [0, 0.1) is 5.41 Å². The Morgan fingerprint density at radius 1 is 1.17 bits per heavy atom. The van der Waals surface area contributed by atoms with Crippen molar-refractivity contribution in [2.75, 3.05) is 20.2 Å². The highest BCUT2D eigenvalue weighted by Crippen LogP contribution is 2.68. The summed E-state index contributed by atoms with van der Waals surface area (Å²) in [6, 6.07) is 8.71. The Bertz CT molecular complexity index is 411. The number of ether oxygens (including phenoxy) is 1. The lowest BCUT2D eigenvalue weighted by molar-refractivity contribution is 0.117. The predicted molar refractivity (Wildman–Crippen MR) is 74.1 cm³/mol. The van der Waals surface area contributed by atoms with E-state index in [0.717, 1.165) is 24.3 Å². The summed E-state index contributed by atoms with van der Waals surface area (Å²) < 4.78 is 5.25. The van der Waals surface area contributed by atoms with Gasteiger partial charge < -0.3 is 10.1 Å². The van der Waals surface area contributed by atoms with Crippen molar-refractivity contribution < 1.29 is 4.74 Å². The van der Waals surface area contributed by atoms with E-state index in [4.69, 9.17) is 4.74 Å². The molecule has 0 radical (unpaired) electrons. The standard InChI is InChI=1S/C16H23NO/c1-3-17-12-16(10-15(11-16)8-9-15)13-4-6-14(18-2)7-5-13/h4-7,17H,3,8-12H2,1-2H3. The van der Waals surface area contributed by atoms with Crippen LogP contribution in [0.15, 0.2) is 24.3 Å². The van der Waals surface area contributed by atoms with Gasteiger partial charge in [0.25, 0.3) is 0 Å². The molecule has 0 aromatic heterocycles. The first kappa shape index (κ1) is 12.0. The van der Waals surface area contributed by atoms with E-state index in [2.05, 4.69) is 36.5 Å². The Hall–Kier alpha value is -1.02. The van der Waals surface area contributed by atoms with Gasteiger partial charge in [-0.3, -0.25) is 0 Å². The fourth-order valence-corrected chi connectivity index (χ4v) is 3.65. The number of hydrogen-bond donors (Lipinski definition) is 1. The van der Waals surface area contributed by atoms with Crippen molar-refractivity contribution in [1.82, 2.24) is 5.32 Å². The SMILES string of the molecule is CCNCC1(c2ccc(OC)cc2)CC2(CC2)C1. The van der Waals surface area contributed by atoms with Gasteiger partial charge in [0.15, 0.2) is 0 Å². The van der Waals surface area contributed by atoms with Crippen molar-refractivity contribution in [3.8, 4) is 5.75 Å². The number of likely N-dealkylation sites (N-methyl/N-ethyl adjacent to an activating group) is 1. The second-order valence-electron chi connectivity index (χ2n) is 6.14. The number of methoxy groups -OCH3 is 1. The largest absolute Gasteiger partial charge is 0.497 e. The van der Waals surface area contributed by atoms with Crippen LogP contribution in [-0.4, -0.2) is 20.2 Å². The second kappa shape index (κ2) is 4.27. The van der Waals surface area contributed by atoms with E-state index in [9.17, 15) is 0 Å². The molecule has 2 nitrogen and oxygen atoms in total. The number of rotatable bonds is 5. The minimum absolute atomic E-state index is 0.388. The molecule has 1 aromatic rings. The molecule has 0 bridgehead atoms. The third kappa shape index (κ3) is 1.93. The Morgan fingerprint density at radius 2 is 1.83 bits per heavy atom. The lowest BCUT2D eigenvalue weighted by atomic mass is 9.56. The van der Waals surface area contributed by atoms with E-state index in [0.29, 0.717) is 5.41 Å². The maximum absolute atomic E-state index is 5.25. The summed E-state index contributed by atoms with van der Waals surface area (Å²) in [5, 5.41) is 3.55. The molecule has 18 heavy (non-hydrogen) atoms. The maximum atomic E-state index is 5.25. The van der Waals surface area contributed by atoms with Crippen molar-refractivity contribution in [3.05, 3.63) is 29.8 Å². The smallest absolute Gasteiger partial charge is 0.118 e. The van der Waals surface area contributed by atoms with Gasteiger partial charge in [0, 0.05) is 12.0 Å². The fourth-order valence-electron chi connectivity index (χ4n) is 3.65. The topological polar surface area (TPSA) is 21.3 Å². The summed E-state index contributed by atoms with van der Waals surface area (Å²) in [7, 11) is 1.73. The molecule has 1 N–H and O–H groups in total. The van der Waals surface area contributed by atoms with Gasteiger partial charge in [-0.25, -0.2) is 0 Å². The van der Waals surface area contributed by atoms with Crippen LogP contribution < -0.4 is 10.1 Å². The highest BCUT2D eigenvalue weighted by Gasteiger charge is 2.60. The van der Waals surface area contributed by atoms with Gasteiger partial charge in [-0.2, -0.15) is 0 Å². The first-order valence-corrected chi connectivity index (χ1v) is 7.07. The molecule has 0 atom stereocenters. The van der Waals surface area contributed by atoms with E-state index in [1.54, 1.807) is 7.11 Å². The minimum Gasteiger partial charge on any atom is -0.497 e. The average Bonchev–Trinajstić information content (AvgIpc) is 3.15. The fraction of sp³-hybridized carbons (Fsp3) is 0.625. The summed E-state index contributed by atoms with van der Waals surface area (Å²) in [6.07, 6.45) is 5.66. The Kier molecular flexibility index (Phi) is 2.86. The highest BCUT2D eigenvalue weighted by atomic mass is 16.5. The van der Waals surface area contributed by atoms with Crippen molar-refractivity contribution in [3.63, 3.8) is 0 Å². The second-order valence-corrected chi connectivity index (χ2v) is 6.14. The third-order valence-electron chi connectivity index (χ3n) is 4.80. The quantitative estimate of drug-likeness (QED) is 0.860. The molecule has 1 spiro atoms. The van der Waals surface area contributed by atoms with Crippen molar-refractivity contribution >= 4 is 0 Å². The van der Waals surface area contributed by atoms with Gasteiger partial charge >= 0.3 is 0 Å². The van der Waals surface area contributed by atoms with Crippen molar-refractivity contribution in [2.24, 2.45) is 5.41 Å². The van der Waals surface area contributed by atoms with Gasteiger partial charge in [0.1, 0.15) is 5.75 Å². The average molecular weight is 245 g/mol. The normalized spacial score (nSPS) is 22.6. The summed E-state index contributed by atoms with van der Waals surface area (Å²) in [5.74, 6) is 0.956. The summed E-state index contributed by atoms with van der Waals surface area (Å²) in [6.45, 7) is 4.37. The van der Waals surface area contributed by atoms with Crippen LogP contribution in [0.3, 0.4) is 0 Å². The van der Waals surface area contributed by atoms with E-state index in [-0.39, 0.29) is 0 Å². The molecule has 1 aromatic carbocycles. The van der Waals surface area contributed by atoms with Gasteiger partial charge in [0.05, 0.1) is 7.11 Å². The zero-order valence-electron chi connectivity index (χ0n) is 11.5. The molecule has 0 amide bonds. The molecule has 2 aliphatic carbocycles. The molecule has 3 rings (SSSR count). The van der Waals surface area contributed by atoms with Crippen LogP contribution in [0.25, 0.3) is 0 Å². The molecule has 0 unspecified atom stereocenters. The summed E-state index contributed by atoms with van der Waals surface area (Å²) >= 11 is 0. The number of hydrogen-bond acceptors (Lipinski definition) is 2. The molecular weight excluding hydrogens is 222 g/mol. The minimum atomic E-state index is 0.388. The zero-order valence-corrected chi connectivity index (χ0v) is 11.5. The maximum Gasteiger partial charge on any atom is 0.118 e. The van der Waals surface area contributed by atoms with E-state index < -0.39 is 0 Å². The molecule has 0 heterocycles.